The zero-order chi connectivity index (χ0) is 47.7. The molecule has 0 saturated carbocycles. The first-order chi connectivity index (χ1) is 32.4. The van der Waals surface area contributed by atoms with E-state index in [0.717, 1.165) is 17.2 Å². The molecule has 6 aromatic rings. The van der Waals surface area contributed by atoms with Gasteiger partial charge in [0.2, 0.25) is 0 Å². The maximum Gasteiger partial charge on any atom is 0.390 e. The number of rotatable bonds is 26. The number of carboxylic acid groups (broad SMARTS) is 1. The maximum atomic E-state index is 14.2. The van der Waals surface area contributed by atoms with Gasteiger partial charge in [0.25, 0.3) is 17.7 Å². The number of ether oxygens (including phenoxy) is 6. The van der Waals surface area contributed by atoms with Crippen molar-refractivity contribution in [2.24, 2.45) is 0 Å². The predicted octanol–water partition coefficient (Wildman–Crippen LogP) is 3.72. The van der Waals surface area contributed by atoms with Gasteiger partial charge >= 0.3 is 11.8 Å². The Hall–Kier alpha value is -8.15. The number of amides is 3. The Morgan fingerprint density at radius 2 is 0.955 bits per heavy atom. The number of anilines is 2. The standard InChI is InChI=1S/C44H48N10O13/c1-62-32-10-4-29(5-11-32)25-51-35(42(57)45-16-17-65-18-19-66-20-21-67-28-41(55)56)22-38(48-51)46-43(58)36-23-39(49-52(36)26-30-6-12-33(63-2)13-7-30)47-44(59)37-24-40(54(60)61)50-53(37)27-31-8-14-34(64-3)15-9-31/h4-15,22-24H,16-21,25-28H2,1-3H3,(H,45,57)(H,55,56)(H,46,48,58)(H,47,49,59). The summed E-state index contributed by atoms with van der Waals surface area (Å²) in [6, 6.07) is 24.9. The summed E-state index contributed by atoms with van der Waals surface area (Å²) in [5.74, 6) is -1.75. The summed E-state index contributed by atoms with van der Waals surface area (Å²) in [6.45, 7) is 0.876. The lowest BCUT2D eigenvalue weighted by Crippen LogP contribution is -2.29. The van der Waals surface area contributed by atoms with Gasteiger partial charge in [0.15, 0.2) is 17.3 Å². The van der Waals surface area contributed by atoms with E-state index in [0.29, 0.717) is 22.8 Å². The summed E-state index contributed by atoms with van der Waals surface area (Å²) in [4.78, 5) is 63.1. The highest BCUT2D eigenvalue weighted by Crippen LogP contribution is 2.22. The molecule has 6 rings (SSSR count). The van der Waals surface area contributed by atoms with Crippen LogP contribution in [0.2, 0.25) is 0 Å². The van der Waals surface area contributed by atoms with E-state index in [-0.39, 0.29) is 87.9 Å². The first-order valence-corrected chi connectivity index (χ1v) is 20.6. The molecule has 23 nitrogen and oxygen atoms in total. The van der Waals surface area contributed by atoms with E-state index in [2.05, 4.69) is 31.2 Å². The third-order valence-electron chi connectivity index (χ3n) is 9.67. The molecule has 67 heavy (non-hydrogen) atoms. The van der Waals surface area contributed by atoms with Crippen molar-refractivity contribution in [2.45, 2.75) is 19.6 Å². The molecule has 352 valence electrons. The van der Waals surface area contributed by atoms with Gasteiger partial charge in [0.05, 0.1) is 85.2 Å². The number of methoxy groups -OCH3 is 3. The fourth-order valence-corrected chi connectivity index (χ4v) is 6.36. The van der Waals surface area contributed by atoms with E-state index >= 15 is 0 Å². The van der Waals surface area contributed by atoms with Crippen molar-refractivity contribution in [3.63, 3.8) is 0 Å². The summed E-state index contributed by atoms with van der Waals surface area (Å²) < 4.78 is 35.6. The number of nitrogens with one attached hydrogen (secondary N) is 3. The van der Waals surface area contributed by atoms with Crippen molar-refractivity contribution >= 4 is 41.1 Å². The van der Waals surface area contributed by atoms with Crippen molar-refractivity contribution in [1.82, 2.24) is 34.7 Å². The molecule has 0 atom stereocenters. The van der Waals surface area contributed by atoms with Crippen LogP contribution in [0.25, 0.3) is 0 Å². The van der Waals surface area contributed by atoms with Crippen LogP contribution in [0.15, 0.2) is 91.0 Å². The van der Waals surface area contributed by atoms with Crippen molar-refractivity contribution in [3.05, 3.63) is 135 Å². The van der Waals surface area contributed by atoms with Crippen LogP contribution >= 0.6 is 0 Å². The lowest BCUT2D eigenvalue weighted by atomic mass is 10.2. The molecule has 0 fully saturated rings. The summed E-state index contributed by atoms with van der Waals surface area (Å²) >= 11 is 0. The fraction of sp³-hybridized carbons (Fsp3) is 0.295. The minimum atomic E-state index is -1.07. The average Bonchev–Trinajstić information content (AvgIpc) is 4.05. The Labute approximate surface area is 382 Å². The zero-order valence-corrected chi connectivity index (χ0v) is 36.7. The first-order valence-electron chi connectivity index (χ1n) is 20.6. The van der Waals surface area contributed by atoms with Gasteiger partial charge in [-0.05, 0) is 58.0 Å². The maximum absolute atomic E-state index is 14.2. The Bertz CT molecular complexity index is 2630. The second-order valence-corrected chi connectivity index (χ2v) is 14.3. The van der Waals surface area contributed by atoms with Crippen LogP contribution < -0.4 is 30.2 Å². The summed E-state index contributed by atoms with van der Waals surface area (Å²) in [5.41, 5.74) is 2.18. The largest absolute Gasteiger partial charge is 0.497 e. The van der Waals surface area contributed by atoms with Crippen molar-refractivity contribution in [3.8, 4) is 17.2 Å². The Morgan fingerprint density at radius 1 is 0.567 bits per heavy atom. The molecule has 3 heterocycles. The molecule has 0 aliphatic carbocycles. The highest BCUT2D eigenvalue weighted by molar-refractivity contribution is 6.06. The van der Waals surface area contributed by atoms with Crippen LogP contribution in [0.3, 0.4) is 0 Å². The number of hydrogen-bond donors (Lipinski definition) is 4. The van der Waals surface area contributed by atoms with Gasteiger partial charge in [-0.2, -0.15) is 14.9 Å². The smallest absolute Gasteiger partial charge is 0.390 e. The lowest BCUT2D eigenvalue weighted by Gasteiger charge is -2.10. The SMILES string of the molecule is COc1ccc(Cn2nc(NC(=O)c3cc(NC(=O)c4cc([N+](=O)[O-])nn4Cc4ccc(OC)cc4)nn3Cc3ccc(OC)cc3)cc2C(=O)NCCOCCOCCOCC(=O)O)cc1. The topological polar surface area (TPSA) is 277 Å². The number of aromatic nitrogens is 6. The van der Waals surface area contributed by atoms with Crippen molar-refractivity contribution in [1.29, 1.82) is 0 Å². The van der Waals surface area contributed by atoms with E-state index in [4.69, 9.17) is 33.5 Å². The molecule has 0 bridgehead atoms. The number of carboxylic acids is 1. The minimum absolute atomic E-state index is 0.00606. The number of nitrogens with zero attached hydrogens (tertiary/aromatic N) is 7. The van der Waals surface area contributed by atoms with E-state index in [1.807, 2.05) is 12.1 Å². The van der Waals surface area contributed by atoms with Gasteiger partial charge in [0.1, 0.15) is 35.2 Å². The van der Waals surface area contributed by atoms with Crippen molar-refractivity contribution < 1.29 is 57.6 Å². The third-order valence-corrected chi connectivity index (χ3v) is 9.67. The number of carbonyl (C=O) groups is 4. The average molecular weight is 925 g/mol. The number of nitro groups is 1. The molecule has 0 aliphatic heterocycles. The quantitative estimate of drug-likeness (QED) is 0.0343. The first kappa shape index (κ1) is 48.3. The molecule has 3 aromatic heterocycles. The van der Waals surface area contributed by atoms with Gasteiger partial charge in [-0.1, -0.05) is 36.4 Å². The highest BCUT2D eigenvalue weighted by atomic mass is 16.6. The number of hydrogen-bond acceptors (Lipinski definition) is 15. The molecule has 0 unspecified atom stereocenters. The predicted molar refractivity (Wildman–Crippen MR) is 238 cm³/mol. The molecule has 0 aliphatic rings. The monoisotopic (exact) mass is 924 g/mol. The molecule has 23 heteroatoms. The summed E-state index contributed by atoms with van der Waals surface area (Å²) in [7, 11) is 4.60. The van der Waals surface area contributed by atoms with E-state index < -0.39 is 41.0 Å². The molecule has 0 spiro atoms. The Morgan fingerprint density at radius 3 is 1.37 bits per heavy atom. The number of carbonyl (C=O) groups excluding carboxylic acids is 3. The van der Waals surface area contributed by atoms with Gasteiger partial charge in [-0.25, -0.2) is 4.79 Å². The number of benzene rings is 3. The summed E-state index contributed by atoms with van der Waals surface area (Å²) in [5, 5.41) is 41.7. The van der Waals surface area contributed by atoms with E-state index in [1.54, 1.807) is 67.8 Å². The molecule has 0 radical (unpaired) electrons. The highest BCUT2D eigenvalue weighted by Gasteiger charge is 2.26. The van der Waals surface area contributed by atoms with Gasteiger partial charge in [-0.3, -0.25) is 23.7 Å². The third kappa shape index (κ3) is 13.9. The minimum Gasteiger partial charge on any atom is -0.497 e. The van der Waals surface area contributed by atoms with Gasteiger partial charge in [-0.15, -0.1) is 0 Å². The van der Waals surface area contributed by atoms with E-state index in [1.165, 1.54) is 40.4 Å². The van der Waals surface area contributed by atoms with Crippen LogP contribution in [0.5, 0.6) is 17.2 Å². The van der Waals surface area contributed by atoms with Crippen LogP contribution in [-0.2, 0) is 38.6 Å². The fourth-order valence-electron chi connectivity index (χ4n) is 6.36. The molecule has 4 N–H and O–H groups in total. The van der Waals surface area contributed by atoms with E-state index in [9.17, 15) is 29.3 Å². The second kappa shape index (κ2) is 23.7. The number of aliphatic carboxylic acids is 1. The Kier molecular flexibility index (Phi) is 17.1. The van der Waals surface area contributed by atoms with Crippen LogP contribution in [0.1, 0.15) is 48.2 Å². The molecular weight excluding hydrogens is 877 g/mol. The van der Waals surface area contributed by atoms with Crippen LogP contribution in [-0.4, -0.2) is 131 Å². The molecular formula is C44H48N10O13. The zero-order valence-electron chi connectivity index (χ0n) is 36.7. The molecule has 0 saturated heterocycles. The summed E-state index contributed by atoms with van der Waals surface area (Å²) in [6.07, 6.45) is 0. The molecule has 3 amide bonds. The van der Waals surface area contributed by atoms with Crippen LogP contribution in [0, 0.1) is 10.1 Å². The normalized spacial score (nSPS) is 10.9. The Balaban J connectivity index is 1.20. The lowest BCUT2D eigenvalue weighted by molar-refractivity contribution is -0.389. The van der Waals surface area contributed by atoms with Gasteiger partial charge < -0.3 is 59.6 Å². The van der Waals surface area contributed by atoms with Gasteiger partial charge in [0, 0.05) is 18.7 Å². The second-order valence-electron chi connectivity index (χ2n) is 14.3. The van der Waals surface area contributed by atoms with Crippen LogP contribution in [0.4, 0.5) is 17.5 Å². The van der Waals surface area contributed by atoms with Crippen molar-refractivity contribution in [2.75, 3.05) is 78.1 Å². The molecule has 3 aromatic carbocycles.